The highest BCUT2D eigenvalue weighted by Gasteiger charge is 2.06. The van der Waals surface area contributed by atoms with Gasteiger partial charge in [0.1, 0.15) is 11.5 Å². The van der Waals surface area contributed by atoms with E-state index in [0.29, 0.717) is 17.9 Å². The van der Waals surface area contributed by atoms with E-state index < -0.39 is 0 Å². The highest BCUT2D eigenvalue weighted by molar-refractivity contribution is 5.82. The maximum Gasteiger partial charge on any atom is 0.273 e. The number of aromatic nitrogens is 2. The molecule has 0 spiro atoms. The van der Waals surface area contributed by atoms with Crippen LogP contribution in [0, 0.1) is 0 Å². The molecule has 0 saturated heterocycles. The number of hydrogen-bond donors (Lipinski definition) is 2. The fourth-order valence-electron chi connectivity index (χ4n) is 2.16. The second-order valence-corrected chi connectivity index (χ2v) is 5.07. The summed E-state index contributed by atoms with van der Waals surface area (Å²) < 4.78 is 10.8. The molecule has 0 fully saturated rings. The highest BCUT2D eigenvalue weighted by Crippen LogP contribution is 2.23. The zero-order chi connectivity index (χ0) is 16.8. The Kier molecular flexibility index (Phi) is 4.88. The predicted molar refractivity (Wildman–Crippen MR) is 92.3 cm³/mol. The van der Waals surface area contributed by atoms with E-state index in [-0.39, 0.29) is 5.56 Å². The number of ether oxygens (including phenoxy) is 2. The Morgan fingerprint density at radius 1 is 1.00 bits per heavy atom. The van der Waals surface area contributed by atoms with Crippen LogP contribution >= 0.6 is 0 Å². The Labute approximate surface area is 138 Å². The van der Waals surface area contributed by atoms with Crippen LogP contribution in [-0.4, -0.2) is 23.5 Å². The number of nitrogens with zero attached hydrogens (tertiary/aromatic N) is 1. The smallest absolute Gasteiger partial charge is 0.273 e. The highest BCUT2D eigenvalue weighted by atomic mass is 16.5. The Morgan fingerprint density at radius 2 is 1.71 bits per heavy atom. The molecule has 0 amide bonds. The molecule has 0 atom stereocenters. The van der Waals surface area contributed by atoms with Crippen molar-refractivity contribution >= 4 is 11.9 Å². The topological polar surface area (TPSA) is 79.5 Å². The van der Waals surface area contributed by atoms with Crippen molar-refractivity contribution in [3.8, 4) is 11.5 Å². The van der Waals surface area contributed by atoms with Gasteiger partial charge in [0.15, 0.2) is 0 Å². The van der Waals surface area contributed by atoms with Crippen molar-refractivity contribution in [2.45, 2.75) is 6.61 Å². The second kappa shape index (κ2) is 7.43. The van der Waals surface area contributed by atoms with E-state index in [1.807, 2.05) is 54.6 Å². The van der Waals surface area contributed by atoms with Crippen LogP contribution in [-0.2, 0) is 11.3 Å². The number of methoxy groups -OCH3 is 1. The molecule has 1 heterocycles. The molecule has 2 N–H and O–H groups in total. The van der Waals surface area contributed by atoms with Crippen LogP contribution in [0.2, 0.25) is 0 Å². The molecule has 122 valence electrons. The van der Waals surface area contributed by atoms with Crippen molar-refractivity contribution in [2.75, 3.05) is 7.11 Å². The number of aliphatic imine (C=N–C) groups is 1. The minimum atomic E-state index is -0.227. The van der Waals surface area contributed by atoms with Gasteiger partial charge in [-0.15, -0.1) is 0 Å². The van der Waals surface area contributed by atoms with Crippen LogP contribution in [0.15, 0.2) is 64.4 Å². The van der Waals surface area contributed by atoms with E-state index in [0.717, 1.165) is 17.2 Å². The summed E-state index contributed by atoms with van der Waals surface area (Å²) in [6.45, 7) is 0.309. The third-order valence-corrected chi connectivity index (χ3v) is 3.34. The molecule has 0 bridgehead atoms. The molecule has 1 aromatic heterocycles. The van der Waals surface area contributed by atoms with Gasteiger partial charge < -0.3 is 9.47 Å². The maximum absolute atomic E-state index is 11.7. The number of hydrogen-bond acceptors (Lipinski definition) is 4. The van der Waals surface area contributed by atoms with E-state index in [1.54, 1.807) is 7.11 Å². The summed E-state index contributed by atoms with van der Waals surface area (Å²) in [4.78, 5) is 16.1. The molecule has 6 nitrogen and oxygen atoms in total. The molecule has 3 aromatic rings. The summed E-state index contributed by atoms with van der Waals surface area (Å²) >= 11 is 0. The number of nitrogens with one attached hydrogen (secondary N) is 2. The van der Waals surface area contributed by atoms with Gasteiger partial charge in [-0.3, -0.25) is 20.0 Å². The largest absolute Gasteiger partial charge is 0.457 e. The van der Waals surface area contributed by atoms with E-state index in [2.05, 4.69) is 15.2 Å². The Morgan fingerprint density at radius 3 is 2.42 bits per heavy atom. The summed E-state index contributed by atoms with van der Waals surface area (Å²) in [5.41, 5.74) is 1.62. The van der Waals surface area contributed by atoms with Gasteiger partial charge in [0.2, 0.25) is 0 Å². The van der Waals surface area contributed by atoms with Gasteiger partial charge in [0, 0.05) is 13.3 Å². The lowest BCUT2D eigenvalue weighted by atomic mass is 10.2. The maximum atomic E-state index is 11.7. The van der Waals surface area contributed by atoms with Crippen molar-refractivity contribution < 1.29 is 9.47 Å². The predicted octanol–water partition coefficient (Wildman–Crippen LogP) is 3.39. The van der Waals surface area contributed by atoms with Crippen LogP contribution < -0.4 is 10.3 Å². The number of benzene rings is 2. The van der Waals surface area contributed by atoms with E-state index >= 15 is 0 Å². The van der Waals surface area contributed by atoms with E-state index in [9.17, 15) is 4.79 Å². The first-order valence-corrected chi connectivity index (χ1v) is 7.42. The minimum absolute atomic E-state index is 0.227. The first-order chi connectivity index (χ1) is 11.8. The van der Waals surface area contributed by atoms with Crippen LogP contribution in [0.3, 0.4) is 0 Å². The lowest BCUT2D eigenvalue weighted by Gasteiger charge is -2.05. The lowest BCUT2D eigenvalue weighted by molar-refractivity contribution is 0.181. The van der Waals surface area contributed by atoms with Crippen molar-refractivity contribution in [3.05, 3.63) is 76.2 Å². The normalized spacial score (nSPS) is 11.0. The van der Waals surface area contributed by atoms with Gasteiger partial charge in [0.05, 0.1) is 23.6 Å². The summed E-state index contributed by atoms with van der Waals surface area (Å²) in [5.74, 6) is 1.50. The molecule has 0 saturated carbocycles. The molecule has 2 aromatic carbocycles. The third-order valence-electron chi connectivity index (χ3n) is 3.34. The van der Waals surface area contributed by atoms with Crippen molar-refractivity contribution in [3.63, 3.8) is 0 Å². The molecule has 0 unspecified atom stereocenters. The Bertz CT molecular complexity index is 865. The first kappa shape index (κ1) is 15.8. The number of aromatic amines is 2. The molecular weight excluding hydrogens is 306 g/mol. The van der Waals surface area contributed by atoms with Gasteiger partial charge in [-0.1, -0.05) is 18.2 Å². The number of para-hydroxylation sites is 1. The molecule has 24 heavy (non-hydrogen) atoms. The standard InChI is InChI=1S/C18H17N3O3/c1-23-12-17-16(18(22)21-20-17)11-19-13-7-9-15(10-8-13)24-14-5-3-2-4-6-14/h2-11H,12H2,1H3,(H2,20,21,22). The van der Waals surface area contributed by atoms with Crippen LogP contribution in [0.25, 0.3) is 0 Å². The number of rotatable bonds is 6. The van der Waals surface area contributed by atoms with Crippen LogP contribution in [0.1, 0.15) is 11.3 Å². The van der Waals surface area contributed by atoms with Gasteiger partial charge in [-0.25, -0.2) is 0 Å². The second-order valence-electron chi connectivity index (χ2n) is 5.07. The van der Waals surface area contributed by atoms with E-state index in [1.165, 1.54) is 6.21 Å². The van der Waals surface area contributed by atoms with Crippen LogP contribution in [0.4, 0.5) is 5.69 Å². The fraction of sp³-hybridized carbons (Fsp3) is 0.111. The summed E-state index contributed by atoms with van der Waals surface area (Å²) in [6.07, 6.45) is 1.52. The summed E-state index contributed by atoms with van der Waals surface area (Å²) in [7, 11) is 1.57. The SMILES string of the molecule is COCc1[nH][nH]c(=O)c1C=Nc1ccc(Oc2ccccc2)cc1. The van der Waals surface area contributed by atoms with Crippen molar-refractivity contribution in [1.82, 2.24) is 10.2 Å². The molecular formula is C18H17N3O3. The van der Waals surface area contributed by atoms with Crippen molar-refractivity contribution in [2.24, 2.45) is 4.99 Å². The van der Waals surface area contributed by atoms with Gasteiger partial charge in [0.25, 0.3) is 5.56 Å². The first-order valence-electron chi connectivity index (χ1n) is 7.42. The quantitative estimate of drug-likeness (QED) is 0.682. The third kappa shape index (κ3) is 3.80. The molecule has 0 aliphatic heterocycles. The van der Waals surface area contributed by atoms with Crippen LogP contribution in [0.5, 0.6) is 11.5 Å². The molecule has 0 aliphatic carbocycles. The zero-order valence-electron chi connectivity index (χ0n) is 13.2. The summed E-state index contributed by atoms with van der Waals surface area (Å²) in [5, 5.41) is 5.30. The monoisotopic (exact) mass is 323 g/mol. The van der Waals surface area contributed by atoms with Gasteiger partial charge >= 0.3 is 0 Å². The Balaban J connectivity index is 1.72. The molecule has 6 heteroatoms. The zero-order valence-corrected chi connectivity index (χ0v) is 13.2. The van der Waals surface area contributed by atoms with Crippen molar-refractivity contribution in [1.29, 1.82) is 0 Å². The lowest BCUT2D eigenvalue weighted by Crippen LogP contribution is -2.06. The minimum Gasteiger partial charge on any atom is -0.457 e. The molecule has 3 rings (SSSR count). The average Bonchev–Trinajstić information content (AvgIpc) is 2.96. The number of H-pyrrole nitrogens is 2. The Hall–Kier alpha value is -3.12. The fourth-order valence-corrected chi connectivity index (χ4v) is 2.16. The molecule has 0 radical (unpaired) electrons. The van der Waals surface area contributed by atoms with Gasteiger partial charge in [-0.2, -0.15) is 0 Å². The van der Waals surface area contributed by atoms with Gasteiger partial charge in [-0.05, 0) is 36.4 Å². The van der Waals surface area contributed by atoms with E-state index in [4.69, 9.17) is 9.47 Å². The molecule has 0 aliphatic rings. The average molecular weight is 323 g/mol. The summed E-state index contributed by atoms with van der Waals surface area (Å²) in [6, 6.07) is 16.9.